The van der Waals surface area contributed by atoms with Gasteiger partial charge in [0.1, 0.15) is 0 Å². The predicted molar refractivity (Wildman–Crippen MR) is 593 cm³/mol. The van der Waals surface area contributed by atoms with Gasteiger partial charge >= 0.3 is 0 Å². The zero-order valence-corrected chi connectivity index (χ0v) is 95.6. The monoisotopic (exact) mass is 2830 g/mol. The largest absolute Gasteiger partial charge is 0.305 e. The minimum Gasteiger partial charge on any atom is -0.305 e. The van der Waals surface area contributed by atoms with E-state index in [-0.39, 0.29) is 116 Å². The van der Waals surface area contributed by atoms with E-state index in [1.165, 1.54) is 104 Å². The van der Waals surface area contributed by atoms with Gasteiger partial charge in [-0.1, -0.05) is 157 Å². The summed E-state index contributed by atoms with van der Waals surface area (Å²) in [6, 6.07) is 182. The second-order valence-electron chi connectivity index (χ2n) is 35.2. The molecule has 11 heteroatoms. The summed E-state index contributed by atoms with van der Waals surface area (Å²) >= 11 is 0. The molecule has 5 heterocycles. The van der Waals surface area contributed by atoms with Crippen LogP contribution in [0.2, 0.25) is 19.6 Å². The molecule has 15 aromatic carbocycles. The molecule has 20 aromatic rings. The molecular weight excluding hydrogens is 2710 g/mol. The molecule has 22 rings (SSSR count). The minimum absolute atomic E-state index is 0. The van der Waals surface area contributed by atoms with Crippen molar-refractivity contribution in [2.75, 3.05) is 0 Å². The van der Waals surface area contributed by atoms with Crippen molar-refractivity contribution in [2.24, 2.45) is 0 Å². The Balaban J connectivity index is 0.000000207. The van der Waals surface area contributed by atoms with E-state index in [4.69, 9.17) is 8.22 Å². The Hall–Kier alpha value is -12.3. The SMILES string of the molecule is CC(C)c1ccnc(-c2[c-]cccc2)c1.C[Si](C)(C)c1ccc(-c2[c-]cccc2)nc1.[2H]C([2H])([2H])c1c[c-]c(-c2cc(C)c(C([2H])([2H])[2H])cn2)cc1.[Pt].[Pt].[Pt].[Pt].[Pt].[c-]1ccccc1-c1[c-]cc(C2CCCCC2)cc1.[c-]1ccccc1-c1[c-]cccc1.[c-]1ccccc1-c1[c-]cccc1.[c-]1ccccc1-c1[c-]cccc1.[c-]1ccccc1-c1[c-]cccc1.[c-]1ccccc1-c1cc(C2CCCCC2)ccn1.[c-]1ccccc1-c1ccccn1. The average Bonchev–Trinajstić information content (AvgIpc) is 0.764. The molecule has 2 saturated carbocycles. The Kier molecular flexibility index (Phi) is 50.7. The van der Waals surface area contributed by atoms with Gasteiger partial charge in [0.15, 0.2) is 0 Å². The molecule has 0 atom stereocenters. The van der Waals surface area contributed by atoms with Gasteiger partial charge in [-0.05, 0) is 95.9 Å². The first-order valence-electron chi connectivity index (χ1n) is 51.5. The molecule has 2 aliphatic carbocycles. The van der Waals surface area contributed by atoms with Crippen molar-refractivity contribution in [2.45, 2.75) is 136 Å². The summed E-state index contributed by atoms with van der Waals surface area (Å²) in [7, 11) is -1.23. The molecule has 0 spiro atoms. The number of hydrogen-bond acceptors (Lipinski definition) is 5. The summed E-state index contributed by atoms with van der Waals surface area (Å²) in [4.78, 5) is 21.7. The molecule has 0 saturated heterocycles. The van der Waals surface area contributed by atoms with Crippen LogP contribution < -0.4 is 5.19 Å². The van der Waals surface area contributed by atoms with E-state index < -0.39 is 21.8 Å². The van der Waals surface area contributed by atoms with E-state index in [9.17, 15) is 0 Å². The fourth-order valence-electron chi connectivity index (χ4n) is 15.6. The van der Waals surface area contributed by atoms with Gasteiger partial charge < -0.3 is 24.9 Å². The van der Waals surface area contributed by atoms with Gasteiger partial charge in [0.25, 0.3) is 0 Å². The van der Waals surface area contributed by atoms with Gasteiger partial charge in [-0.3, -0.25) is 0 Å². The zero-order valence-electron chi connectivity index (χ0n) is 89.3. The number of pyridine rings is 5. The van der Waals surface area contributed by atoms with Crippen LogP contribution >= 0.6 is 0 Å². The molecule has 0 aliphatic heterocycles. The van der Waals surface area contributed by atoms with E-state index in [0.29, 0.717) is 22.7 Å². The van der Waals surface area contributed by atoms with Crippen molar-refractivity contribution in [3.05, 3.63) is 568 Å². The van der Waals surface area contributed by atoms with E-state index in [1.807, 2.05) is 334 Å². The topological polar surface area (TPSA) is 64.5 Å². The van der Waals surface area contributed by atoms with Crippen LogP contribution in [-0.2, 0) is 105 Å². The number of rotatable bonds is 14. The molecule has 2 fully saturated rings. The van der Waals surface area contributed by atoms with Gasteiger partial charge in [-0.2, -0.15) is 243 Å². The van der Waals surface area contributed by atoms with E-state index in [1.54, 1.807) is 25.3 Å². The number of hydrogen-bond donors (Lipinski definition) is 0. The third kappa shape index (κ3) is 41.4. The van der Waals surface area contributed by atoms with Crippen molar-refractivity contribution < 1.29 is 114 Å². The van der Waals surface area contributed by atoms with Crippen molar-refractivity contribution >= 4 is 13.3 Å². The van der Waals surface area contributed by atoms with Crippen molar-refractivity contribution in [1.29, 1.82) is 0 Å². The molecule has 0 radical (unpaired) electrons. The number of aryl methyl sites for hydroxylation is 3. The molecule has 147 heavy (non-hydrogen) atoms. The van der Waals surface area contributed by atoms with Gasteiger partial charge in [0, 0.05) is 145 Å². The van der Waals surface area contributed by atoms with Crippen LogP contribution in [0.15, 0.2) is 443 Å². The average molecular weight is 2830 g/mol. The molecule has 0 amide bonds. The maximum atomic E-state index is 7.41. The predicted octanol–water partition coefficient (Wildman–Crippen LogP) is 34.2. The first-order chi connectivity index (χ1) is 72.1. The number of aromatic nitrogens is 5. The fraction of sp³-hybridized carbons (Fsp3) is 0.154. The molecule has 758 valence electrons. The Bertz CT molecular complexity index is 6480. The molecule has 5 aromatic heterocycles. The summed E-state index contributed by atoms with van der Waals surface area (Å²) < 4.78 is 44.2. The zero-order chi connectivity index (χ0) is 104. The summed E-state index contributed by atoms with van der Waals surface area (Å²) in [5, 5.41) is 1.40. The Morgan fingerprint density at radius 3 is 0.857 bits per heavy atom. The van der Waals surface area contributed by atoms with Crippen LogP contribution in [0.25, 0.3) is 112 Å². The molecule has 5 nitrogen and oxygen atoms in total. The van der Waals surface area contributed by atoms with Crippen LogP contribution in [0.3, 0.4) is 0 Å². The van der Waals surface area contributed by atoms with E-state index in [0.717, 1.165) is 112 Å². The number of benzene rings is 15. The molecule has 0 N–H and O–H groups in total. The quantitative estimate of drug-likeness (QED) is 0.0802. The van der Waals surface area contributed by atoms with Gasteiger partial charge in [-0.25, -0.2) is 55.6 Å². The second kappa shape index (κ2) is 67.6. The second-order valence-corrected chi connectivity index (χ2v) is 40.3. The van der Waals surface area contributed by atoms with Gasteiger partial charge in [-0.15, -0.1) is 239 Å². The standard InChI is InChI=1S/C18H18.C17H18N.C14H16NSi.2C14H14N.4C12H8.C11H8N.5Pt/c1-3-7-15(8-4-1)17-11-13-18(14-12-17)16-9-5-2-6-10-16;1-3-7-14(8-4-1)16-11-12-18-17(13-16)15-9-5-2-6-10-15;1-16(2,3)13-9-10-14(15-11-13)12-7-5-4-6-8-12;1-10-4-6-13(7-5-10)14-8-11(2)12(3)9-15-14;1-11(2)13-8-9-15-14(10-13)12-6-4-3-5-7-12;4*1-3-7-11(8-4-1)12-9-5-2-6-10-12;1-2-6-10(7-3-1)11-8-4-5-9-12-11;;;;;/h1,3-4,7,11,13-14,16H,2,5-6,9-10H2;2,5-6,9,11-14H,1,3-4,7-8H2;4-7,9-11H,1-3H3;4-6,8-9H,1-3H3;3-6,8-11H,1-2H3;4*1-7,9H;1-6,8-9H;;;;;/q-2;4*-1;4*-2;-1;;;;;/i;;;1D3,3D3;;;;;;;;;;;. The van der Waals surface area contributed by atoms with Crippen LogP contribution in [0.5, 0.6) is 0 Å². The summed E-state index contributed by atoms with van der Waals surface area (Å²) in [6.45, 7) is 8.73. The minimum atomic E-state index is -2.19. The Morgan fingerprint density at radius 1 is 0.252 bits per heavy atom. The van der Waals surface area contributed by atoms with Crippen molar-refractivity contribution in [3.63, 3.8) is 0 Å². The van der Waals surface area contributed by atoms with Crippen molar-refractivity contribution in [1.82, 2.24) is 24.9 Å². The Labute approximate surface area is 958 Å². The van der Waals surface area contributed by atoms with Crippen LogP contribution in [0, 0.1) is 112 Å². The summed E-state index contributed by atoms with van der Waals surface area (Å²) in [6.07, 6.45) is 22.7. The third-order valence-corrected chi connectivity index (χ3v) is 25.5. The van der Waals surface area contributed by atoms with Crippen LogP contribution in [0.4, 0.5) is 0 Å². The third-order valence-electron chi connectivity index (χ3n) is 23.5. The Morgan fingerprint density at radius 2 is 0.558 bits per heavy atom. The van der Waals surface area contributed by atoms with Crippen molar-refractivity contribution in [3.8, 4) is 112 Å². The smallest absolute Gasteiger partial charge is 0.0795 e. The molecule has 0 bridgehead atoms. The van der Waals surface area contributed by atoms with E-state index >= 15 is 0 Å². The van der Waals surface area contributed by atoms with Crippen LogP contribution in [-0.4, -0.2) is 33.0 Å². The summed E-state index contributed by atoms with van der Waals surface area (Å²) in [5.41, 5.74) is 25.8. The van der Waals surface area contributed by atoms with Gasteiger partial charge in [0.2, 0.25) is 0 Å². The first-order valence-corrected chi connectivity index (χ1v) is 52.0. The molecule has 0 unspecified atom stereocenters. The molecule has 2 aliphatic rings. The van der Waals surface area contributed by atoms with Crippen LogP contribution in [0.1, 0.15) is 137 Å². The number of nitrogens with zero attached hydrogens (tertiary/aromatic N) is 5. The maximum Gasteiger partial charge on any atom is 0.0795 e. The first kappa shape index (κ1) is 110. The van der Waals surface area contributed by atoms with E-state index in [2.05, 4.69) is 222 Å². The normalized spacial score (nSPS) is 12.2. The molecular formula is C136H120N5Pt5Si-15. The fourth-order valence-corrected chi connectivity index (χ4v) is 16.6. The maximum absolute atomic E-state index is 7.41. The summed E-state index contributed by atoms with van der Waals surface area (Å²) in [5.74, 6) is 2.04. The van der Waals surface area contributed by atoms with Gasteiger partial charge in [0.05, 0.1) is 8.07 Å².